The summed E-state index contributed by atoms with van der Waals surface area (Å²) in [5.41, 5.74) is 6.66. The van der Waals surface area contributed by atoms with Crippen molar-refractivity contribution in [2.24, 2.45) is 5.73 Å². The lowest BCUT2D eigenvalue weighted by Crippen LogP contribution is -2.33. The minimum absolute atomic E-state index is 0.254. The molecule has 1 unspecified atom stereocenters. The molecule has 0 bridgehead atoms. The number of rotatable bonds is 3. The van der Waals surface area contributed by atoms with E-state index in [1.165, 1.54) is 6.07 Å². The topological polar surface area (TPSA) is 64.9 Å². The molecule has 1 atom stereocenters. The first kappa shape index (κ1) is 12.7. The summed E-state index contributed by atoms with van der Waals surface area (Å²) < 4.78 is 18.3. The van der Waals surface area contributed by atoms with Gasteiger partial charge in [-0.1, -0.05) is 12.1 Å². The zero-order valence-corrected chi connectivity index (χ0v) is 10.7. The van der Waals surface area contributed by atoms with Crippen LogP contribution in [-0.4, -0.2) is 10.1 Å². The lowest BCUT2D eigenvalue weighted by molar-refractivity contribution is 0.379. The molecule has 1 heterocycles. The number of benzene rings is 1. The van der Waals surface area contributed by atoms with Gasteiger partial charge in [0.25, 0.3) is 5.89 Å². The van der Waals surface area contributed by atoms with Gasteiger partial charge in [0.15, 0.2) is 5.82 Å². The summed E-state index contributed by atoms with van der Waals surface area (Å²) in [6, 6.07) is 4.67. The molecule has 2 N–H and O–H groups in total. The van der Waals surface area contributed by atoms with Crippen LogP contribution in [-0.2, 0) is 5.54 Å². The third-order valence-electron chi connectivity index (χ3n) is 3.08. The Morgan fingerprint density at radius 3 is 2.78 bits per heavy atom. The van der Waals surface area contributed by atoms with Crippen LogP contribution < -0.4 is 5.73 Å². The second-order valence-electron chi connectivity index (χ2n) is 4.66. The summed E-state index contributed by atoms with van der Waals surface area (Å²) in [6.45, 7) is 5.49. The fraction of sp³-hybridized carbons (Fsp3) is 0.385. The van der Waals surface area contributed by atoms with Gasteiger partial charge in [-0.05, 0) is 44.0 Å². The highest BCUT2D eigenvalue weighted by Gasteiger charge is 2.25. The van der Waals surface area contributed by atoms with Gasteiger partial charge in [0, 0.05) is 5.56 Å². The lowest BCUT2D eigenvalue weighted by atomic mass is 10.00. The molecule has 0 aliphatic carbocycles. The van der Waals surface area contributed by atoms with E-state index in [0.29, 0.717) is 29.3 Å². The highest BCUT2D eigenvalue weighted by atomic mass is 19.1. The molecule has 0 spiro atoms. The van der Waals surface area contributed by atoms with Gasteiger partial charge in [0.2, 0.25) is 0 Å². The molecule has 2 rings (SSSR count). The number of hydrogen-bond acceptors (Lipinski definition) is 4. The molecule has 1 aromatic carbocycles. The van der Waals surface area contributed by atoms with Gasteiger partial charge in [-0.3, -0.25) is 0 Å². The van der Waals surface area contributed by atoms with Crippen molar-refractivity contribution in [1.29, 1.82) is 0 Å². The van der Waals surface area contributed by atoms with Gasteiger partial charge in [-0.15, -0.1) is 0 Å². The Balaban J connectivity index is 2.38. The van der Waals surface area contributed by atoms with E-state index in [2.05, 4.69) is 10.1 Å². The van der Waals surface area contributed by atoms with E-state index in [9.17, 15) is 4.39 Å². The van der Waals surface area contributed by atoms with Crippen LogP contribution in [0.1, 0.15) is 31.7 Å². The van der Waals surface area contributed by atoms with E-state index in [4.69, 9.17) is 10.3 Å². The van der Waals surface area contributed by atoms with Crippen LogP contribution in [0.5, 0.6) is 0 Å². The molecule has 0 fully saturated rings. The zero-order valence-electron chi connectivity index (χ0n) is 10.7. The van der Waals surface area contributed by atoms with E-state index in [1.54, 1.807) is 19.1 Å². The van der Waals surface area contributed by atoms with Crippen LogP contribution in [0.4, 0.5) is 4.39 Å². The van der Waals surface area contributed by atoms with E-state index < -0.39 is 5.54 Å². The minimum Gasteiger partial charge on any atom is -0.334 e. The number of nitrogens with zero attached hydrogens (tertiary/aromatic N) is 2. The highest BCUT2D eigenvalue weighted by Crippen LogP contribution is 2.24. The van der Waals surface area contributed by atoms with Crippen molar-refractivity contribution < 1.29 is 8.91 Å². The fourth-order valence-corrected chi connectivity index (χ4v) is 1.51. The molecular formula is C13H16FN3O. The number of aryl methyl sites for hydroxylation is 1. The third kappa shape index (κ3) is 2.26. The van der Waals surface area contributed by atoms with Crippen molar-refractivity contribution in [2.45, 2.75) is 32.7 Å². The maximum Gasteiger partial charge on any atom is 0.258 e. The third-order valence-corrected chi connectivity index (χ3v) is 3.08. The van der Waals surface area contributed by atoms with Crippen molar-refractivity contribution in [3.05, 3.63) is 35.4 Å². The summed E-state index contributed by atoms with van der Waals surface area (Å²) in [5, 5.41) is 3.88. The molecule has 5 heteroatoms. The predicted molar refractivity (Wildman–Crippen MR) is 66.3 cm³/mol. The van der Waals surface area contributed by atoms with Crippen LogP contribution in [0.2, 0.25) is 0 Å². The van der Waals surface area contributed by atoms with Gasteiger partial charge in [-0.2, -0.15) is 4.98 Å². The molecule has 18 heavy (non-hydrogen) atoms. The van der Waals surface area contributed by atoms with Crippen LogP contribution in [0.15, 0.2) is 22.7 Å². The number of halogens is 1. The Kier molecular flexibility index (Phi) is 3.17. The number of nitrogens with two attached hydrogens (primary N) is 1. The Morgan fingerprint density at radius 1 is 1.44 bits per heavy atom. The van der Waals surface area contributed by atoms with E-state index in [1.807, 2.05) is 13.8 Å². The molecular weight excluding hydrogens is 233 g/mol. The smallest absolute Gasteiger partial charge is 0.258 e. The van der Waals surface area contributed by atoms with Crippen LogP contribution in [0.25, 0.3) is 11.5 Å². The van der Waals surface area contributed by atoms with Gasteiger partial charge < -0.3 is 10.3 Å². The molecule has 0 saturated heterocycles. The van der Waals surface area contributed by atoms with Crippen molar-refractivity contribution >= 4 is 0 Å². The molecule has 4 nitrogen and oxygen atoms in total. The summed E-state index contributed by atoms with van der Waals surface area (Å²) in [7, 11) is 0. The average molecular weight is 249 g/mol. The van der Waals surface area contributed by atoms with Crippen molar-refractivity contribution in [3.8, 4) is 11.5 Å². The predicted octanol–water partition coefficient (Wildman–Crippen LogP) is 2.77. The van der Waals surface area contributed by atoms with Gasteiger partial charge in [0.1, 0.15) is 5.82 Å². The summed E-state index contributed by atoms with van der Waals surface area (Å²) in [5.74, 6) is 0.566. The largest absolute Gasteiger partial charge is 0.334 e. The van der Waals surface area contributed by atoms with E-state index in [-0.39, 0.29) is 5.82 Å². The van der Waals surface area contributed by atoms with Crippen LogP contribution in [0.3, 0.4) is 0 Å². The van der Waals surface area contributed by atoms with Crippen molar-refractivity contribution in [2.75, 3.05) is 0 Å². The van der Waals surface area contributed by atoms with Crippen LogP contribution >= 0.6 is 0 Å². The molecule has 0 aliphatic rings. The van der Waals surface area contributed by atoms with Crippen molar-refractivity contribution in [3.63, 3.8) is 0 Å². The Hall–Kier alpha value is -1.75. The summed E-state index contributed by atoms with van der Waals surface area (Å²) >= 11 is 0. The maximum absolute atomic E-state index is 13.2. The molecule has 0 amide bonds. The quantitative estimate of drug-likeness (QED) is 0.908. The SMILES string of the molecule is CCC(C)(N)c1noc(-c2ccc(F)c(C)c2)n1. The standard InChI is InChI=1S/C13H16FN3O/c1-4-13(3,15)12-16-11(18-17-12)9-5-6-10(14)8(2)7-9/h5-7H,4,15H2,1-3H3. The first-order chi connectivity index (χ1) is 8.44. The van der Waals surface area contributed by atoms with Gasteiger partial charge >= 0.3 is 0 Å². The van der Waals surface area contributed by atoms with Gasteiger partial charge in [0.05, 0.1) is 5.54 Å². The first-order valence-electron chi connectivity index (χ1n) is 5.83. The highest BCUT2D eigenvalue weighted by molar-refractivity contribution is 5.54. The molecule has 0 saturated carbocycles. The summed E-state index contributed by atoms with van der Waals surface area (Å²) in [4.78, 5) is 4.27. The normalized spacial score (nSPS) is 14.5. The second kappa shape index (κ2) is 4.49. The first-order valence-corrected chi connectivity index (χ1v) is 5.83. The maximum atomic E-state index is 13.2. The number of hydrogen-bond donors (Lipinski definition) is 1. The second-order valence-corrected chi connectivity index (χ2v) is 4.66. The van der Waals surface area contributed by atoms with E-state index >= 15 is 0 Å². The Morgan fingerprint density at radius 2 is 2.17 bits per heavy atom. The molecule has 96 valence electrons. The molecule has 0 aliphatic heterocycles. The average Bonchev–Trinajstić information content (AvgIpc) is 2.83. The lowest BCUT2D eigenvalue weighted by Gasteiger charge is -2.16. The fourth-order valence-electron chi connectivity index (χ4n) is 1.51. The van der Waals surface area contributed by atoms with Gasteiger partial charge in [-0.25, -0.2) is 4.39 Å². The summed E-state index contributed by atoms with van der Waals surface area (Å²) in [6.07, 6.45) is 0.703. The molecule has 2 aromatic rings. The monoisotopic (exact) mass is 249 g/mol. The Labute approximate surface area is 105 Å². The minimum atomic E-state index is -0.614. The van der Waals surface area contributed by atoms with Crippen molar-refractivity contribution in [1.82, 2.24) is 10.1 Å². The molecule has 0 radical (unpaired) electrons. The van der Waals surface area contributed by atoms with Crippen LogP contribution in [0, 0.1) is 12.7 Å². The zero-order chi connectivity index (χ0) is 13.3. The Bertz CT molecular complexity index is 563. The number of aromatic nitrogens is 2. The van der Waals surface area contributed by atoms with E-state index in [0.717, 1.165) is 0 Å². The molecule has 1 aromatic heterocycles.